The molecule has 232 valence electrons. The van der Waals surface area contributed by atoms with Crippen LogP contribution in [-0.4, -0.2) is 14.5 Å². The molecule has 0 saturated heterocycles. The van der Waals surface area contributed by atoms with Crippen LogP contribution in [0.4, 0.5) is 0 Å². The van der Waals surface area contributed by atoms with Crippen molar-refractivity contribution < 1.29 is 0 Å². The monoisotopic (exact) mass is 645 g/mol. The van der Waals surface area contributed by atoms with E-state index in [1.54, 1.807) is 0 Å². The van der Waals surface area contributed by atoms with Crippen molar-refractivity contribution in [2.45, 2.75) is 13.3 Å². The van der Waals surface area contributed by atoms with Gasteiger partial charge in [-0.25, -0.2) is 9.97 Å². The summed E-state index contributed by atoms with van der Waals surface area (Å²) in [6.45, 7) is 2.33. The molecule has 49 heavy (non-hydrogen) atoms. The van der Waals surface area contributed by atoms with Crippen molar-refractivity contribution in [3.63, 3.8) is 0 Å². The summed E-state index contributed by atoms with van der Waals surface area (Å²) in [6.07, 6.45) is 7.84. The highest BCUT2D eigenvalue weighted by molar-refractivity contribution is 7.27. The van der Waals surface area contributed by atoms with Crippen molar-refractivity contribution >= 4 is 69.9 Å². The van der Waals surface area contributed by atoms with Gasteiger partial charge in [0.2, 0.25) is 0 Å². The number of fused-ring (bicyclic) bond motifs is 8. The van der Waals surface area contributed by atoms with E-state index in [0.717, 1.165) is 40.0 Å². The molecule has 0 bridgehead atoms. The van der Waals surface area contributed by atoms with E-state index in [4.69, 9.17) is 9.97 Å². The fourth-order valence-corrected chi connectivity index (χ4v) is 9.06. The lowest BCUT2D eigenvalue weighted by molar-refractivity contribution is 0.725. The number of para-hydroxylation sites is 2. The Morgan fingerprint density at radius 1 is 0.592 bits per heavy atom. The molecular formula is C45H31N3S. The highest BCUT2D eigenvalue weighted by Gasteiger charge is 2.22. The summed E-state index contributed by atoms with van der Waals surface area (Å²) in [5.74, 6) is 1.20. The lowest BCUT2D eigenvalue weighted by atomic mass is 9.98. The van der Waals surface area contributed by atoms with Gasteiger partial charge >= 0.3 is 0 Å². The molecule has 4 heteroatoms. The minimum Gasteiger partial charge on any atom is -0.313 e. The smallest absolute Gasteiger partial charge is 0.160 e. The van der Waals surface area contributed by atoms with Gasteiger partial charge in [0.1, 0.15) is 0 Å². The molecule has 3 heterocycles. The maximum Gasteiger partial charge on any atom is 0.160 e. The molecule has 6 aromatic carbocycles. The molecule has 0 fully saturated rings. The SMILES string of the molecule is CC1CC=CC=C1n1c2ccccc2c2c3sc4c(-c5ccc(-c6nc(-c7ccccc7)c7ccccc7n6)cc5)cccc4c3ccc21. The highest BCUT2D eigenvalue weighted by atomic mass is 32.1. The average Bonchev–Trinajstić information content (AvgIpc) is 3.71. The van der Waals surface area contributed by atoms with Gasteiger partial charge in [-0.2, -0.15) is 0 Å². The van der Waals surface area contributed by atoms with Crippen LogP contribution in [0.1, 0.15) is 13.3 Å². The highest BCUT2D eigenvalue weighted by Crippen LogP contribution is 2.46. The second-order valence-corrected chi connectivity index (χ2v) is 14.0. The van der Waals surface area contributed by atoms with Crippen molar-refractivity contribution in [3.05, 3.63) is 152 Å². The molecule has 3 nitrogen and oxygen atoms in total. The summed E-state index contributed by atoms with van der Waals surface area (Å²) in [5, 5.41) is 6.34. The van der Waals surface area contributed by atoms with Crippen molar-refractivity contribution in [2.75, 3.05) is 0 Å². The molecule has 10 rings (SSSR count). The Hall–Kier alpha value is -5.84. The third kappa shape index (κ3) is 4.41. The molecule has 0 saturated carbocycles. The van der Waals surface area contributed by atoms with Gasteiger partial charge in [-0.05, 0) is 41.8 Å². The van der Waals surface area contributed by atoms with Crippen LogP contribution in [0.25, 0.3) is 92.4 Å². The van der Waals surface area contributed by atoms with E-state index in [9.17, 15) is 0 Å². The number of rotatable bonds is 4. The Morgan fingerprint density at radius 2 is 1.33 bits per heavy atom. The molecule has 0 N–H and O–H groups in total. The Labute approximate surface area is 288 Å². The second-order valence-electron chi connectivity index (χ2n) is 13.0. The van der Waals surface area contributed by atoms with Crippen LogP contribution in [-0.2, 0) is 0 Å². The molecule has 9 aromatic rings. The fraction of sp³-hybridized carbons (Fsp3) is 0.0667. The van der Waals surface area contributed by atoms with E-state index in [2.05, 4.69) is 151 Å². The average molecular weight is 646 g/mol. The minimum atomic E-state index is 0.460. The first-order chi connectivity index (χ1) is 24.2. The maximum absolute atomic E-state index is 5.10. The predicted octanol–water partition coefficient (Wildman–Crippen LogP) is 12.5. The summed E-state index contributed by atoms with van der Waals surface area (Å²) in [4.78, 5) is 10.1. The summed E-state index contributed by atoms with van der Waals surface area (Å²) < 4.78 is 5.17. The number of nitrogens with zero attached hydrogens (tertiary/aromatic N) is 3. The third-order valence-corrected chi connectivity index (χ3v) is 11.3. The Bertz CT molecular complexity index is 2800. The van der Waals surface area contributed by atoms with Gasteiger partial charge in [0.15, 0.2) is 5.82 Å². The normalized spacial score (nSPS) is 14.8. The number of thiophene rings is 1. The van der Waals surface area contributed by atoms with Gasteiger partial charge in [-0.1, -0.05) is 134 Å². The number of hydrogen-bond acceptors (Lipinski definition) is 3. The van der Waals surface area contributed by atoms with Gasteiger partial charge in [-0.15, -0.1) is 11.3 Å². The molecule has 1 aliphatic rings. The second kappa shape index (κ2) is 11.1. The number of allylic oxidation sites excluding steroid dienone is 4. The van der Waals surface area contributed by atoms with Crippen molar-refractivity contribution in [2.24, 2.45) is 5.92 Å². The number of benzene rings is 6. The Kier molecular flexibility index (Phi) is 6.40. The van der Waals surface area contributed by atoms with Crippen LogP contribution in [0, 0.1) is 5.92 Å². The maximum atomic E-state index is 5.10. The molecule has 3 aromatic heterocycles. The van der Waals surface area contributed by atoms with E-state index in [1.165, 1.54) is 58.8 Å². The zero-order valence-corrected chi connectivity index (χ0v) is 27.8. The zero-order valence-electron chi connectivity index (χ0n) is 27.0. The van der Waals surface area contributed by atoms with Crippen LogP contribution in [0.5, 0.6) is 0 Å². The van der Waals surface area contributed by atoms with Gasteiger partial charge < -0.3 is 4.57 Å². The molecule has 0 amide bonds. The summed E-state index contributed by atoms with van der Waals surface area (Å²) in [5.41, 5.74) is 10.4. The summed E-state index contributed by atoms with van der Waals surface area (Å²) in [6, 6.07) is 47.8. The summed E-state index contributed by atoms with van der Waals surface area (Å²) in [7, 11) is 0. The van der Waals surface area contributed by atoms with Crippen LogP contribution in [0.3, 0.4) is 0 Å². The first-order valence-electron chi connectivity index (χ1n) is 16.9. The van der Waals surface area contributed by atoms with Crippen LogP contribution in [0.15, 0.2) is 152 Å². The molecule has 1 atom stereocenters. The topological polar surface area (TPSA) is 30.7 Å². The largest absolute Gasteiger partial charge is 0.313 e. The van der Waals surface area contributed by atoms with Gasteiger partial charge in [0.05, 0.1) is 22.2 Å². The van der Waals surface area contributed by atoms with E-state index < -0.39 is 0 Å². The minimum absolute atomic E-state index is 0.460. The molecular weight excluding hydrogens is 615 g/mol. The molecule has 0 aliphatic heterocycles. The molecule has 0 radical (unpaired) electrons. The van der Waals surface area contributed by atoms with Gasteiger partial charge in [-0.3, -0.25) is 0 Å². The van der Waals surface area contributed by atoms with E-state index >= 15 is 0 Å². The Balaban J connectivity index is 1.12. The number of hydrogen-bond donors (Lipinski definition) is 0. The van der Waals surface area contributed by atoms with E-state index in [-0.39, 0.29) is 0 Å². The quantitative estimate of drug-likeness (QED) is 0.191. The van der Waals surface area contributed by atoms with Crippen LogP contribution >= 0.6 is 11.3 Å². The fourth-order valence-electron chi connectivity index (χ4n) is 7.66. The van der Waals surface area contributed by atoms with Crippen molar-refractivity contribution in [3.8, 4) is 33.8 Å². The van der Waals surface area contributed by atoms with Gasteiger partial charge in [0, 0.05) is 59.1 Å². The number of aromatic nitrogens is 3. The first kappa shape index (κ1) is 28.2. The Morgan fingerprint density at radius 3 is 2.18 bits per heavy atom. The van der Waals surface area contributed by atoms with Crippen LogP contribution in [0.2, 0.25) is 0 Å². The van der Waals surface area contributed by atoms with Gasteiger partial charge in [0.25, 0.3) is 0 Å². The van der Waals surface area contributed by atoms with E-state index in [1.807, 2.05) is 23.5 Å². The standard InChI is InChI=1S/C45H31N3S/c1-28-12-5-9-20-38(28)48-39-21-10-7-16-36(39)41-40(48)27-26-34-33-18-11-17-32(43(33)49-44(34)41)29-22-24-31(25-23-29)45-46-37-19-8-6-15-35(37)42(47-45)30-13-3-2-4-14-30/h2-11,13-28H,12H2,1H3. The molecule has 1 unspecified atom stereocenters. The lowest BCUT2D eigenvalue weighted by Crippen LogP contribution is -2.07. The predicted molar refractivity (Wildman–Crippen MR) is 209 cm³/mol. The zero-order chi connectivity index (χ0) is 32.5. The lowest BCUT2D eigenvalue weighted by Gasteiger charge is -2.20. The van der Waals surface area contributed by atoms with Crippen molar-refractivity contribution in [1.29, 1.82) is 0 Å². The first-order valence-corrected chi connectivity index (χ1v) is 17.7. The summed E-state index contributed by atoms with van der Waals surface area (Å²) >= 11 is 1.92. The molecule has 1 aliphatic carbocycles. The van der Waals surface area contributed by atoms with E-state index in [0.29, 0.717) is 5.92 Å². The third-order valence-electron chi connectivity index (χ3n) is 10.1. The molecule has 0 spiro atoms. The van der Waals surface area contributed by atoms with Crippen molar-refractivity contribution in [1.82, 2.24) is 14.5 Å². The van der Waals surface area contributed by atoms with Crippen LogP contribution < -0.4 is 0 Å².